The molecule has 0 spiro atoms. The average Bonchev–Trinajstić information content (AvgIpc) is 3.22. The van der Waals surface area contributed by atoms with Gasteiger partial charge < -0.3 is 15.5 Å². The van der Waals surface area contributed by atoms with Crippen molar-refractivity contribution in [2.75, 3.05) is 6.61 Å². The monoisotopic (exact) mass is 792 g/mol. The lowest BCUT2D eigenvalue weighted by Gasteiger charge is -2.22. The minimum Gasteiger partial charge on any atom is -0.394 e. The quantitative estimate of drug-likeness (QED) is 0.0425. The third kappa shape index (κ3) is 44.5. The highest BCUT2D eigenvalue weighted by atomic mass is 16.3. The molecule has 0 bridgehead atoms. The van der Waals surface area contributed by atoms with Crippen LogP contribution in [0.15, 0.2) is 85.1 Å². The van der Waals surface area contributed by atoms with Crippen LogP contribution in [0.3, 0.4) is 0 Å². The molecule has 0 aliphatic heterocycles. The molecule has 3 N–H and O–H groups in total. The van der Waals surface area contributed by atoms with Crippen molar-refractivity contribution in [3.8, 4) is 0 Å². The molecule has 0 fully saturated rings. The second-order valence-corrected chi connectivity index (χ2v) is 16.2. The first-order valence-corrected chi connectivity index (χ1v) is 24.3. The van der Waals surface area contributed by atoms with Gasteiger partial charge in [0, 0.05) is 6.42 Å². The molecule has 328 valence electrons. The average molecular weight is 792 g/mol. The van der Waals surface area contributed by atoms with E-state index in [1.807, 2.05) is 0 Å². The zero-order valence-electron chi connectivity index (χ0n) is 37.6. The highest BCUT2D eigenvalue weighted by Crippen LogP contribution is 2.15. The van der Waals surface area contributed by atoms with Crippen LogP contribution in [0, 0.1) is 0 Å². The SMILES string of the molecule is CC/C=C\C/C=C\C/C=C\C/C=C\C/C=C\C/C=C\C/C=C\CCCCCCCCCCCCCCCCCC(=O)NC(CO)C(O)CCCCCCCCCC. The molecule has 0 radical (unpaired) electrons. The van der Waals surface area contributed by atoms with Crippen LogP contribution in [0.2, 0.25) is 0 Å². The smallest absolute Gasteiger partial charge is 0.220 e. The Balaban J connectivity index is 3.48. The number of rotatable bonds is 43. The van der Waals surface area contributed by atoms with E-state index >= 15 is 0 Å². The van der Waals surface area contributed by atoms with Crippen LogP contribution in [0.1, 0.15) is 226 Å². The first-order chi connectivity index (χ1) is 28.2. The fraction of sp³-hybridized carbons (Fsp3) is 0.717. The summed E-state index contributed by atoms with van der Waals surface area (Å²) < 4.78 is 0. The third-order valence-electron chi connectivity index (χ3n) is 10.7. The predicted molar refractivity (Wildman–Crippen MR) is 253 cm³/mol. The molecule has 2 unspecified atom stereocenters. The van der Waals surface area contributed by atoms with E-state index in [0.29, 0.717) is 12.8 Å². The Bertz CT molecular complexity index is 1030. The van der Waals surface area contributed by atoms with Gasteiger partial charge in [0.2, 0.25) is 5.91 Å². The molecule has 0 aliphatic carbocycles. The van der Waals surface area contributed by atoms with Crippen LogP contribution in [-0.2, 0) is 4.79 Å². The summed E-state index contributed by atoms with van der Waals surface area (Å²) >= 11 is 0. The molecule has 2 atom stereocenters. The highest BCUT2D eigenvalue weighted by molar-refractivity contribution is 5.76. The van der Waals surface area contributed by atoms with E-state index in [4.69, 9.17) is 0 Å². The van der Waals surface area contributed by atoms with Crippen LogP contribution in [-0.4, -0.2) is 34.9 Å². The minimum atomic E-state index is -0.659. The summed E-state index contributed by atoms with van der Waals surface area (Å²) in [6.45, 7) is 4.21. The second-order valence-electron chi connectivity index (χ2n) is 16.2. The Morgan fingerprint density at radius 1 is 0.439 bits per heavy atom. The standard InChI is InChI=1S/C53H93NO3/c1-3-5-7-9-11-13-14-15-16-17-18-19-20-21-22-23-24-25-26-27-28-29-30-31-32-33-34-35-36-37-38-39-40-41-43-45-47-49-53(57)54-51(50-55)52(56)48-46-44-42-12-10-8-6-4-2/h5,7,11,13,15-16,18-19,21-22,24-25,27-28,51-52,55-56H,3-4,6,8-10,12,14,17,20,23,26,29-50H2,1-2H3,(H,54,57)/b7-5-,13-11-,16-15-,19-18-,22-21-,25-24-,28-27-. The first-order valence-electron chi connectivity index (χ1n) is 24.3. The fourth-order valence-corrected chi connectivity index (χ4v) is 6.99. The van der Waals surface area contributed by atoms with Crippen molar-refractivity contribution < 1.29 is 15.0 Å². The predicted octanol–water partition coefficient (Wildman–Crippen LogP) is 15.6. The van der Waals surface area contributed by atoms with E-state index < -0.39 is 12.1 Å². The van der Waals surface area contributed by atoms with Gasteiger partial charge >= 0.3 is 0 Å². The van der Waals surface area contributed by atoms with E-state index in [1.165, 1.54) is 128 Å². The molecule has 0 saturated carbocycles. The summed E-state index contributed by atoms with van der Waals surface area (Å²) in [6.07, 6.45) is 69.8. The van der Waals surface area contributed by atoms with E-state index in [2.05, 4.69) is 104 Å². The zero-order valence-corrected chi connectivity index (χ0v) is 37.6. The van der Waals surface area contributed by atoms with Crippen molar-refractivity contribution >= 4 is 5.91 Å². The maximum absolute atomic E-state index is 12.4. The van der Waals surface area contributed by atoms with Gasteiger partial charge in [-0.3, -0.25) is 4.79 Å². The number of allylic oxidation sites excluding steroid dienone is 14. The van der Waals surface area contributed by atoms with Gasteiger partial charge in [-0.1, -0.05) is 234 Å². The van der Waals surface area contributed by atoms with E-state index in [-0.39, 0.29) is 12.5 Å². The number of unbranched alkanes of at least 4 members (excludes halogenated alkanes) is 22. The Morgan fingerprint density at radius 3 is 1.16 bits per heavy atom. The first kappa shape index (κ1) is 54.6. The summed E-state index contributed by atoms with van der Waals surface area (Å²) in [6, 6.07) is -0.536. The van der Waals surface area contributed by atoms with Crippen molar-refractivity contribution in [2.24, 2.45) is 0 Å². The summed E-state index contributed by atoms with van der Waals surface area (Å²) in [4.78, 5) is 12.4. The molecule has 0 rings (SSSR count). The van der Waals surface area contributed by atoms with Crippen LogP contribution < -0.4 is 5.32 Å². The number of aliphatic hydroxyl groups excluding tert-OH is 2. The lowest BCUT2D eigenvalue weighted by atomic mass is 10.0. The Labute approximate surface area is 354 Å². The molecule has 0 aromatic rings. The highest BCUT2D eigenvalue weighted by Gasteiger charge is 2.20. The Hall–Kier alpha value is -2.43. The molecule has 4 heteroatoms. The molecule has 0 aromatic heterocycles. The van der Waals surface area contributed by atoms with Crippen LogP contribution in [0.25, 0.3) is 0 Å². The minimum absolute atomic E-state index is 0.0374. The van der Waals surface area contributed by atoms with Crippen molar-refractivity contribution in [3.05, 3.63) is 85.1 Å². The number of amides is 1. The lowest BCUT2D eigenvalue weighted by molar-refractivity contribution is -0.123. The maximum atomic E-state index is 12.4. The summed E-state index contributed by atoms with van der Waals surface area (Å²) in [7, 11) is 0. The Kier molecular flexibility index (Phi) is 45.9. The van der Waals surface area contributed by atoms with Gasteiger partial charge in [-0.05, 0) is 70.6 Å². The lowest BCUT2D eigenvalue weighted by Crippen LogP contribution is -2.45. The fourth-order valence-electron chi connectivity index (χ4n) is 6.99. The maximum Gasteiger partial charge on any atom is 0.220 e. The molecule has 57 heavy (non-hydrogen) atoms. The van der Waals surface area contributed by atoms with Crippen LogP contribution in [0.5, 0.6) is 0 Å². The summed E-state index contributed by atoms with van der Waals surface area (Å²) in [5.74, 6) is -0.0374. The molecule has 1 amide bonds. The molecular formula is C53H93NO3. The van der Waals surface area contributed by atoms with Gasteiger partial charge in [-0.15, -0.1) is 0 Å². The largest absolute Gasteiger partial charge is 0.394 e. The van der Waals surface area contributed by atoms with Crippen LogP contribution >= 0.6 is 0 Å². The Morgan fingerprint density at radius 2 is 0.772 bits per heavy atom. The molecule has 0 saturated heterocycles. The van der Waals surface area contributed by atoms with Gasteiger partial charge in [-0.2, -0.15) is 0 Å². The number of carbonyl (C=O) groups excluding carboxylic acids is 1. The van der Waals surface area contributed by atoms with Crippen LogP contribution in [0.4, 0.5) is 0 Å². The molecular weight excluding hydrogens is 699 g/mol. The number of aliphatic hydroxyl groups is 2. The molecule has 4 nitrogen and oxygen atoms in total. The summed E-state index contributed by atoms with van der Waals surface area (Å²) in [5.41, 5.74) is 0. The number of carbonyl (C=O) groups is 1. The summed E-state index contributed by atoms with van der Waals surface area (Å²) in [5, 5.41) is 23.0. The van der Waals surface area contributed by atoms with Crippen molar-refractivity contribution in [3.63, 3.8) is 0 Å². The molecule has 0 aromatic carbocycles. The number of hydrogen-bond acceptors (Lipinski definition) is 3. The van der Waals surface area contributed by atoms with Gasteiger partial charge in [0.1, 0.15) is 0 Å². The normalized spacial score (nSPS) is 13.7. The van der Waals surface area contributed by atoms with Gasteiger partial charge in [0.25, 0.3) is 0 Å². The van der Waals surface area contributed by atoms with Gasteiger partial charge in [0.05, 0.1) is 18.8 Å². The van der Waals surface area contributed by atoms with Crippen molar-refractivity contribution in [1.29, 1.82) is 0 Å². The van der Waals surface area contributed by atoms with Crippen molar-refractivity contribution in [1.82, 2.24) is 5.32 Å². The van der Waals surface area contributed by atoms with Gasteiger partial charge in [0.15, 0.2) is 0 Å². The topological polar surface area (TPSA) is 69.6 Å². The number of hydrogen-bond donors (Lipinski definition) is 3. The van der Waals surface area contributed by atoms with Gasteiger partial charge in [-0.25, -0.2) is 0 Å². The zero-order chi connectivity index (χ0) is 41.4. The van der Waals surface area contributed by atoms with E-state index in [1.54, 1.807) is 0 Å². The molecule has 0 heterocycles. The molecule has 0 aliphatic rings. The van der Waals surface area contributed by atoms with Crippen molar-refractivity contribution in [2.45, 2.75) is 238 Å². The number of nitrogens with one attached hydrogen (secondary N) is 1. The second kappa shape index (κ2) is 47.9. The third-order valence-corrected chi connectivity index (χ3v) is 10.7. The van der Waals surface area contributed by atoms with E-state index in [0.717, 1.165) is 70.6 Å². The van der Waals surface area contributed by atoms with E-state index in [9.17, 15) is 15.0 Å².